The van der Waals surface area contributed by atoms with Gasteiger partial charge in [-0.05, 0) is 56.2 Å². The molecule has 1 saturated heterocycles. The second-order valence-corrected chi connectivity index (χ2v) is 9.10. The largest absolute Gasteiger partial charge is 0.334 e. The number of nitrogens with two attached hydrogens (primary N) is 1. The minimum Gasteiger partial charge on any atom is -0.334 e. The van der Waals surface area contributed by atoms with Crippen LogP contribution in [0, 0.1) is 12.8 Å². The van der Waals surface area contributed by atoms with E-state index in [9.17, 15) is 13.2 Å². The zero-order valence-electron chi connectivity index (χ0n) is 14.9. The molecule has 3 N–H and O–H groups in total. The van der Waals surface area contributed by atoms with Crippen LogP contribution in [0.3, 0.4) is 0 Å². The third-order valence-electron chi connectivity index (χ3n) is 5.16. The molecule has 2 unspecified atom stereocenters. The van der Waals surface area contributed by atoms with E-state index in [-0.39, 0.29) is 22.9 Å². The number of benzene rings is 1. The fourth-order valence-corrected chi connectivity index (χ4v) is 4.72. The molecule has 1 amide bonds. The molecule has 2 aliphatic rings. The predicted octanol–water partition coefficient (Wildman–Crippen LogP) is 1.64. The van der Waals surface area contributed by atoms with Crippen LogP contribution in [0.1, 0.15) is 48.5 Å². The highest BCUT2D eigenvalue weighted by Crippen LogP contribution is 2.27. The topological polar surface area (TPSA) is 92.5 Å². The molecule has 0 bridgehead atoms. The number of hydrogen-bond donors (Lipinski definition) is 2. The summed E-state index contributed by atoms with van der Waals surface area (Å²) in [6.45, 7) is 5.10. The van der Waals surface area contributed by atoms with Crippen molar-refractivity contribution in [2.45, 2.75) is 56.5 Å². The Labute approximate surface area is 149 Å². The lowest BCUT2D eigenvalue weighted by atomic mass is 9.91. The van der Waals surface area contributed by atoms with E-state index in [4.69, 9.17) is 5.73 Å². The van der Waals surface area contributed by atoms with Crippen LogP contribution in [-0.4, -0.2) is 44.4 Å². The third-order valence-corrected chi connectivity index (χ3v) is 6.68. The highest BCUT2D eigenvalue weighted by molar-refractivity contribution is 7.89. The van der Waals surface area contributed by atoms with E-state index in [1.165, 1.54) is 6.07 Å². The Morgan fingerprint density at radius 3 is 2.68 bits per heavy atom. The molecular weight excluding hydrogens is 338 g/mol. The van der Waals surface area contributed by atoms with Crippen LogP contribution in [0.5, 0.6) is 0 Å². The molecule has 1 saturated carbocycles. The number of carbonyl (C=O) groups excluding carboxylic acids is 1. The summed E-state index contributed by atoms with van der Waals surface area (Å²) >= 11 is 0. The Morgan fingerprint density at radius 1 is 1.32 bits per heavy atom. The van der Waals surface area contributed by atoms with Crippen molar-refractivity contribution < 1.29 is 13.2 Å². The summed E-state index contributed by atoms with van der Waals surface area (Å²) in [4.78, 5) is 15.0. The van der Waals surface area contributed by atoms with Gasteiger partial charge in [-0.2, -0.15) is 0 Å². The molecule has 1 aromatic carbocycles. The van der Waals surface area contributed by atoms with Crippen molar-refractivity contribution in [1.29, 1.82) is 0 Å². The summed E-state index contributed by atoms with van der Waals surface area (Å²) in [5, 5.41) is 0. The van der Waals surface area contributed by atoms with Gasteiger partial charge in [-0.3, -0.25) is 4.79 Å². The SMILES string of the molecule is Cc1ccc(S(=O)(=O)NC2CC2)cc1C(=O)N1CCC(C)CC1CN. The van der Waals surface area contributed by atoms with E-state index in [1.807, 2.05) is 11.8 Å². The third kappa shape index (κ3) is 4.04. The molecule has 0 aromatic heterocycles. The highest BCUT2D eigenvalue weighted by Gasteiger charge is 2.32. The Balaban J connectivity index is 1.88. The average Bonchev–Trinajstić information content (AvgIpc) is 3.37. The number of rotatable bonds is 5. The molecule has 6 nitrogen and oxygen atoms in total. The number of nitrogens with one attached hydrogen (secondary N) is 1. The second kappa shape index (κ2) is 7.05. The van der Waals surface area contributed by atoms with Crippen LogP contribution in [-0.2, 0) is 10.0 Å². The molecule has 7 heteroatoms. The summed E-state index contributed by atoms with van der Waals surface area (Å²) in [7, 11) is -3.57. The summed E-state index contributed by atoms with van der Waals surface area (Å²) < 4.78 is 27.6. The molecule has 1 aliphatic heterocycles. The molecular formula is C18H27N3O3S. The smallest absolute Gasteiger partial charge is 0.254 e. The quantitative estimate of drug-likeness (QED) is 0.829. The Hall–Kier alpha value is -1.44. The van der Waals surface area contributed by atoms with Gasteiger partial charge in [-0.1, -0.05) is 13.0 Å². The number of piperidine rings is 1. The van der Waals surface area contributed by atoms with Gasteiger partial charge in [0, 0.05) is 30.7 Å². The lowest BCUT2D eigenvalue weighted by Gasteiger charge is -2.38. The van der Waals surface area contributed by atoms with Crippen molar-refractivity contribution in [3.05, 3.63) is 29.3 Å². The molecule has 2 atom stereocenters. The maximum Gasteiger partial charge on any atom is 0.254 e. The van der Waals surface area contributed by atoms with Gasteiger partial charge in [-0.15, -0.1) is 0 Å². The summed E-state index contributed by atoms with van der Waals surface area (Å²) in [5.41, 5.74) is 7.10. The van der Waals surface area contributed by atoms with Crippen LogP contribution in [0.4, 0.5) is 0 Å². The lowest BCUT2D eigenvalue weighted by molar-refractivity contribution is 0.0572. The normalized spacial score (nSPS) is 24.4. The zero-order chi connectivity index (χ0) is 18.2. The first kappa shape index (κ1) is 18.4. The molecule has 3 rings (SSSR count). The van der Waals surface area contributed by atoms with Gasteiger partial charge >= 0.3 is 0 Å². The van der Waals surface area contributed by atoms with Crippen molar-refractivity contribution in [3.8, 4) is 0 Å². The second-order valence-electron chi connectivity index (χ2n) is 7.39. The first-order valence-corrected chi connectivity index (χ1v) is 10.4. The molecule has 0 spiro atoms. The van der Waals surface area contributed by atoms with Gasteiger partial charge in [0.2, 0.25) is 10.0 Å². The number of carbonyl (C=O) groups is 1. The predicted molar refractivity (Wildman–Crippen MR) is 96.8 cm³/mol. The summed E-state index contributed by atoms with van der Waals surface area (Å²) in [6.07, 6.45) is 3.59. The van der Waals surface area contributed by atoms with Crippen molar-refractivity contribution in [1.82, 2.24) is 9.62 Å². The molecule has 25 heavy (non-hydrogen) atoms. The number of amides is 1. The van der Waals surface area contributed by atoms with Crippen molar-refractivity contribution in [3.63, 3.8) is 0 Å². The molecule has 138 valence electrons. The first-order valence-electron chi connectivity index (χ1n) is 8.96. The summed E-state index contributed by atoms with van der Waals surface area (Å²) in [5.74, 6) is 0.427. The van der Waals surface area contributed by atoms with Crippen LogP contribution >= 0.6 is 0 Å². The molecule has 1 aromatic rings. The first-order chi connectivity index (χ1) is 11.8. The Kier molecular flexibility index (Phi) is 5.18. The van der Waals surface area contributed by atoms with Gasteiger partial charge < -0.3 is 10.6 Å². The van der Waals surface area contributed by atoms with Gasteiger partial charge in [0.1, 0.15) is 0 Å². The number of aryl methyl sites for hydroxylation is 1. The van der Waals surface area contributed by atoms with Crippen molar-refractivity contribution >= 4 is 15.9 Å². The van der Waals surface area contributed by atoms with Gasteiger partial charge in [-0.25, -0.2) is 13.1 Å². The number of nitrogens with zero attached hydrogens (tertiary/aromatic N) is 1. The zero-order valence-corrected chi connectivity index (χ0v) is 15.7. The van der Waals surface area contributed by atoms with E-state index in [1.54, 1.807) is 12.1 Å². The number of likely N-dealkylation sites (tertiary alicyclic amines) is 1. The average molecular weight is 365 g/mol. The molecule has 1 heterocycles. The lowest BCUT2D eigenvalue weighted by Crippen LogP contribution is -2.49. The molecule has 2 fully saturated rings. The standard InChI is InChI=1S/C18H27N3O3S/c1-12-7-8-21(15(9-12)11-19)18(22)17-10-16(6-3-13(17)2)25(23,24)20-14-4-5-14/h3,6,10,12,14-15,20H,4-5,7-9,11,19H2,1-2H3. The number of hydrogen-bond acceptors (Lipinski definition) is 4. The van der Waals surface area contributed by atoms with E-state index in [0.717, 1.165) is 31.2 Å². The minimum absolute atomic E-state index is 0.0144. The van der Waals surface area contributed by atoms with Crippen LogP contribution in [0.15, 0.2) is 23.1 Å². The monoisotopic (exact) mass is 365 g/mol. The summed E-state index contributed by atoms with van der Waals surface area (Å²) in [6, 6.07) is 4.83. The molecule has 0 radical (unpaired) electrons. The number of sulfonamides is 1. The van der Waals surface area contributed by atoms with Crippen molar-refractivity contribution in [2.24, 2.45) is 11.7 Å². The van der Waals surface area contributed by atoms with Crippen LogP contribution < -0.4 is 10.5 Å². The fourth-order valence-electron chi connectivity index (χ4n) is 3.38. The Morgan fingerprint density at radius 2 is 2.04 bits per heavy atom. The molecule has 1 aliphatic carbocycles. The van der Waals surface area contributed by atoms with Crippen molar-refractivity contribution in [2.75, 3.05) is 13.1 Å². The van der Waals surface area contributed by atoms with Gasteiger partial charge in [0.25, 0.3) is 5.91 Å². The van der Waals surface area contributed by atoms with E-state index < -0.39 is 10.0 Å². The van der Waals surface area contributed by atoms with E-state index >= 15 is 0 Å². The van der Waals surface area contributed by atoms with Crippen LogP contribution in [0.25, 0.3) is 0 Å². The fraction of sp³-hybridized carbons (Fsp3) is 0.611. The van der Waals surface area contributed by atoms with E-state index in [2.05, 4.69) is 11.6 Å². The Bertz CT molecular complexity index is 759. The minimum atomic E-state index is -3.57. The van der Waals surface area contributed by atoms with E-state index in [0.29, 0.717) is 24.6 Å². The maximum atomic E-state index is 13.1. The maximum absolute atomic E-state index is 13.1. The van der Waals surface area contributed by atoms with Crippen LogP contribution in [0.2, 0.25) is 0 Å². The highest BCUT2D eigenvalue weighted by atomic mass is 32.2. The van der Waals surface area contributed by atoms with Gasteiger partial charge in [0.15, 0.2) is 0 Å². The van der Waals surface area contributed by atoms with Gasteiger partial charge in [0.05, 0.1) is 4.90 Å².